The Kier molecular flexibility index (Phi) is 7.51. The zero-order chi connectivity index (χ0) is 22.6. The van der Waals surface area contributed by atoms with Gasteiger partial charge in [-0.05, 0) is 31.4 Å². The van der Waals surface area contributed by atoms with Gasteiger partial charge in [0, 0.05) is 27.3 Å². The average molecular weight is 464 g/mol. The largest absolute Gasteiger partial charge is 0.382 e. The number of benzene rings is 2. The smallest absolute Gasteiger partial charge is 0.175 e. The van der Waals surface area contributed by atoms with Crippen LogP contribution in [0.3, 0.4) is 0 Å². The van der Waals surface area contributed by atoms with Crippen LogP contribution in [-0.2, 0) is 12.1 Å². The Hall–Kier alpha value is -2.23. The first-order valence-corrected chi connectivity index (χ1v) is 11.8. The summed E-state index contributed by atoms with van der Waals surface area (Å²) in [5, 5.41) is 14.5. The minimum Gasteiger partial charge on any atom is -0.382 e. The van der Waals surface area contributed by atoms with E-state index in [9.17, 15) is 18.7 Å². The number of thioether (sulfide) groups is 2. The number of hydrogen-bond acceptors (Lipinski definition) is 6. The van der Waals surface area contributed by atoms with Gasteiger partial charge < -0.3 is 5.11 Å². The third-order valence-corrected chi connectivity index (χ3v) is 7.26. The number of Topliss-reactive ketones (excluding diaryl/α,β-unsaturated/α-hetero) is 1. The summed E-state index contributed by atoms with van der Waals surface area (Å²) in [6.45, 7) is 3.36. The molecule has 9 heteroatoms. The molecule has 0 fully saturated rings. The van der Waals surface area contributed by atoms with Crippen molar-refractivity contribution in [2.24, 2.45) is 0 Å². The van der Waals surface area contributed by atoms with Crippen LogP contribution in [0.25, 0.3) is 0 Å². The van der Waals surface area contributed by atoms with Crippen molar-refractivity contribution < 1.29 is 18.7 Å². The Balaban J connectivity index is 1.86. The van der Waals surface area contributed by atoms with Crippen molar-refractivity contribution in [1.82, 2.24) is 14.8 Å². The molecule has 5 nitrogen and oxygen atoms in total. The average Bonchev–Trinajstić information content (AvgIpc) is 3.25. The van der Waals surface area contributed by atoms with Crippen molar-refractivity contribution in [2.45, 2.75) is 41.4 Å². The molecule has 3 rings (SSSR count). The van der Waals surface area contributed by atoms with Crippen LogP contribution in [0, 0.1) is 11.6 Å². The van der Waals surface area contributed by atoms with Gasteiger partial charge in [-0.3, -0.25) is 4.79 Å². The summed E-state index contributed by atoms with van der Waals surface area (Å²) in [4.78, 5) is 17.8. The molecule has 0 spiro atoms. The maximum Gasteiger partial charge on any atom is 0.175 e. The topological polar surface area (TPSA) is 68.0 Å². The lowest BCUT2D eigenvalue weighted by Gasteiger charge is -2.35. The summed E-state index contributed by atoms with van der Waals surface area (Å²) >= 11 is 2.81. The summed E-state index contributed by atoms with van der Waals surface area (Å²) in [6, 6.07) is 10.4. The molecular formula is C22H23F2N3O2S2. The van der Waals surface area contributed by atoms with Gasteiger partial charge in [-0.2, -0.15) is 5.10 Å². The molecule has 0 aliphatic heterocycles. The molecule has 0 bridgehead atoms. The van der Waals surface area contributed by atoms with Crippen LogP contribution in [-0.4, -0.2) is 42.4 Å². The number of aromatic nitrogens is 3. The molecule has 0 saturated carbocycles. The van der Waals surface area contributed by atoms with Crippen LogP contribution in [0.4, 0.5) is 8.78 Å². The number of halogens is 2. The van der Waals surface area contributed by atoms with E-state index in [1.54, 1.807) is 37.7 Å². The van der Waals surface area contributed by atoms with E-state index in [0.29, 0.717) is 5.56 Å². The first-order chi connectivity index (χ1) is 14.7. The summed E-state index contributed by atoms with van der Waals surface area (Å²) in [6.07, 6.45) is 4.68. The maximum absolute atomic E-state index is 14.6. The molecule has 3 aromatic rings. The maximum atomic E-state index is 14.6. The second-order valence-electron chi connectivity index (χ2n) is 7.15. The van der Waals surface area contributed by atoms with Crippen molar-refractivity contribution in [3.05, 3.63) is 77.9 Å². The van der Waals surface area contributed by atoms with Crippen molar-refractivity contribution in [3.8, 4) is 0 Å². The van der Waals surface area contributed by atoms with Gasteiger partial charge in [0.1, 0.15) is 29.9 Å². The third-order valence-electron chi connectivity index (χ3n) is 5.09. The molecule has 2 aromatic carbocycles. The number of carbonyl (C=O) groups is 1. The van der Waals surface area contributed by atoms with Gasteiger partial charge in [0.2, 0.25) is 0 Å². The molecule has 31 heavy (non-hydrogen) atoms. The normalized spacial score (nSPS) is 15.3. The Labute approximate surface area is 188 Å². The van der Waals surface area contributed by atoms with E-state index < -0.39 is 27.7 Å². The Morgan fingerprint density at radius 3 is 2.48 bits per heavy atom. The first kappa shape index (κ1) is 23.4. The van der Waals surface area contributed by atoms with Gasteiger partial charge in [0.15, 0.2) is 5.78 Å². The van der Waals surface area contributed by atoms with E-state index in [-0.39, 0.29) is 17.9 Å². The number of nitrogens with zero attached hydrogens (tertiary/aromatic N) is 3. The zero-order valence-electron chi connectivity index (χ0n) is 17.3. The van der Waals surface area contributed by atoms with E-state index in [4.69, 9.17) is 0 Å². The highest BCUT2D eigenvalue weighted by Crippen LogP contribution is 2.38. The Morgan fingerprint density at radius 2 is 1.90 bits per heavy atom. The van der Waals surface area contributed by atoms with Gasteiger partial charge in [0.25, 0.3) is 0 Å². The minimum atomic E-state index is -1.76. The molecule has 0 aliphatic rings. The van der Waals surface area contributed by atoms with Crippen molar-refractivity contribution in [3.63, 3.8) is 0 Å². The van der Waals surface area contributed by atoms with Crippen LogP contribution in [0.5, 0.6) is 0 Å². The SMILES string of the molecule is CSc1ccc(C(=O)C(C)S[C@H](C)[C@](O)(Cn2cncn2)c2ccc(F)cc2F)cc1. The number of hydrogen-bond donors (Lipinski definition) is 1. The van der Waals surface area contributed by atoms with E-state index in [1.165, 1.54) is 35.2 Å². The number of aliphatic hydroxyl groups is 1. The molecule has 1 N–H and O–H groups in total. The van der Waals surface area contributed by atoms with E-state index in [0.717, 1.165) is 17.0 Å². The fourth-order valence-electron chi connectivity index (χ4n) is 3.31. The van der Waals surface area contributed by atoms with Gasteiger partial charge in [-0.15, -0.1) is 23.5 Å². The predicted molar refractivity (Wildman–Crippen MR) is 119 cm³/mol. The molecule has 1 unspecified atom stereocenters. The minimum absolute atomic E-state index is 0.0617. The summed E-state index contributed by atoms with van der Waals surface area (Å²) in [7, 11) is 0. The van der Waals surface area contributed by atoms with Crippen LogP contribution in [0.15, 0.2) is 60.0 Å². The second-order valence-corrected chi connectivity index (χ2v) is 9.72. The molecule has 0 amide bonds. The molecule has 164 valence electrons. The summed E-state index contributed by atoms with van der Waals surface area (Å²) in [5.41, 5.74) is -1.25. The number of carbonyl (C=O) groups excluding carboxylic acids is 1. The molecular weight excluding hydrogens is 440 g/mol. The summed E-state index contributed by atoms with van der Waals surface area (Å²) in [5.74, 6) is -1.68. The fourth-order valence-corrected chi connectivity index (χ4v) is 5.01. The third kappa shape index (κ3) is 5.34. The van der Waals surface area contributed by atoms with Crippen LogP contribution < -0.4 is 0 Å². The van der Waals surface area contributed by atoms with E-state index in [1.807, 2.05) is 18.4 Å². The van der Waals surface area contributed by atoms with Crippen molar-refractivity contribution in [2.75, 3.05) is 6.26 Å². The van der Waals surface area contributed by atoms with Gasteiger partial charge >= 0.3 is 0 Å². The quantitative estimate of drug-likeness (QED) is 0.371. The highest BCUT2D eigenvalue weighted by Gasteiger charge is 2.41. The molecule has 0 radical (unpaired) electrons. The summed E-state index contributed by atoms with van der Waals surface area (Å²) < 4.78 is 29.5. The first-order valence-electron chi connectivity index (χ1n) is 9.58. The monoisotopic (exact) mass is 463 g/mol. The predicted octanol–water partition coefficient (Wildman–Crippen LogP) is 4.56. The van der Waals surface area contributed by atoms with Crippen LogP contribution in [0.2, 0.25) is 0 Å². The lowest BCUT2D eigenvalue weighted by molar-refractivity contribution is 0.0132. The fraction of sp³-hybridized carbons (Fsp3) is 0.318. The second kappa shape index (κ2) is 9.93. The molecule has 1 heterocycles. The lowest BCUT2D eigenvalue weighted by atomic mass is 9.90. The number of ketones is 1. The molecule has 0 aliphatic carbocycles. The zero-order valence-corrected chi connectivity index (χ0v) is 19.0. The highest BCUT2D eigenvalue weighted by atomic mass is 32.2. The number of rotatable bonds is 9. The molecule has 3 atom stereocenters. The van der Waals surface area contributed by atoms with Crippen LogP contribution >= 0.6 is 23.5 Å². The van der Waals surface area contributed by atoms with Gasteiger partial charge in [-0.1, -0.05) is 25.1 Å². The van der Waals surface area contributed by atoms with Gasteiger partial charge in [0.05, 0.1) is 11.8 Å². The highest BCUT2D eigenvalue weighted by molar-refractivity contribution is 8.01. The lowest BCUT2D eigenvalue weighted by Crippen LogP contribution is -2.42. The standard InChI is InChI=1S/C22H23F2N3O2S2/c1-14(21(28)16-4-7-18(30-3)8-5-16)31-15(2)22(29,11-27-13-25-12-26-27)19-9-6-17(23)10-20(19)24/h4-10,12-15,29H,11H2,1-3H3/t14?,15-,22-/m1/s1. The van der Waals surface area contributed by atoms with Crippen molar-refractivity contribution in [1.29, 1.82) is 0 Å². The van der Waals surface area contributed by atoms with Crippen molar-refractivity contribution >= 4 is 29.3 Å². The Morgan fingerprint density at radius 1 is 1.19 bits per heavy atom. The van der Waals surface area contributed by atoms with E-state index >= 15 is 0 Å². The van der Waals surface area contributed by atoms with E-state index in [2.05, 4.69) is 10.1 Å². The molecule has 1 aromatic heterocycles. The van der Waals surface area contributed by atoms with Crippen LogP contribution in [0.1, 0.15) is 29.8 Å². The molecule has 0 saturated heterocycles. The van der Waals surface area contributed by atoms with Gasteiger partial charge in [-0.25, -0.2) is 18.4 Å². The Bertz CT molecular complexity index is 1030.